The molecule has 1 aromatic heterocycles. The van der Waals surface area contributed by atoms with Crippen LogP contribution < -0.4 is 11.3 Å². The maximum atomic E-state index is 10.5. The average molecular weight is 278 g/mol. The predicted octanol–water partition coefficient (Wildman–Crippen LogP) is 2.47. The van der Waals surface area contributed by atoms with E-state index in [4.69, 9.17) is 34.2 Å². The standard InChI is InChI=1S/C6H6Cl2N2O2S.ClH/c7-3-1-2(4(8)6(11)12)5(10-9)13-3;/h1,4,10H,9H2,(H,11,12);1H. The van der Waals surface area contributed by atoms with E-state index >= 15 is 0 Å². The van der Waals surface area contributed by atoms with Gasteiger partial charge in [-0.3, -0.25) is 4.79 Å². The number of thiophene rings is 1. The summed E-state index contributed by atoms with van der Waals surface area (Å²) in [6.07, 6.45) is 0. The summed E-state index contributed by atoms with van der Waals surface area (Å²) >= 11 is 12.4. The summed E-state index contributed by atoms with van der Waals surface area (Å²) < 4.78 is 0.440. The van der Waals surface area contributed by atoms with Crippen LogP contribution in [0.5, 0.6) is 0 Å². The Balaban J connectivity index is 0.00000169. The number of carbonyl (C=O) groups is 1. The maximum Gasteiger partial charge on any atom is 0.326 e. The van der Waals surface area contributed by atoms with E-state index in [1.807, 2.05) is 0 Å². The van der Waals surface area contributed by atoms with Gasteiger partial charge in [-0.1, -0.05) is 11.6 Å². The zero-order valence-corrected chi connectivity index (χ0v) is 9.80. The first-order valence-corrected chi connectivity index (χ1v) is 4.82. The van der Waals surface area contributed by atoms with E-state index in [-0.39, 0.29) is 12.4 Å². The Kier molecular flexibility index (Phi) is 5.54. The van der Waals surface area contributed by atoms with E-state index < -0.39 is 11.3 Å². The fraction of sp³-hybridized carbons (Fsp3) is 0.167. The van der Waals surface area contributed by atoms with Crippen molar-refractivity contribution in [3.8, 4) is 0 Å². The fourth-order valence-electron chi connectivity index (χ4n) is 0.808. The van der Waals surface area contributed by atoms with E-state index in [1.54, 1.807) is 0 Å². The number of nitrogen functional groups attached to an aromatic ring is 1. The Morgan fingerprint density at radius 1 is 1.71 bits per heavy atom. The molecule has 1 aromatic rings. The van der Waals surface area contributed by atoms with Gasteiger partial charge in [0.2, 0.25) is 0 Å². The Morgan fingerprint density at radius 3 is 2.71 bits per heavy atom. The number of carboxylic acid groups (broad SMARTS) is 1. The Bertz CT molecular complexity index is 331. The summed E-state index contributed by atoms with van der Waals surface area (Å²) in [5.74, 6) is 4.02. The molecule has 8 heteroatoms. The molecule has 0 saturated heterocycles. The molecule has 1 unspecified atom stereocenters. The van der Waals surface area contributed by atoms with Crippen LogP contribution in [0.2, 0.25) is 4.34 Å². The van der Waals surface area contributed by atoms with Crippen LogP contribution >= 0.6 is 46.9 Å². The highest BCUT2D eigenvalue weighted by Gasteiger charge is 2.21. The number of nitrogens with two attached hydrogens (primary N) is 1. The van der Waals surface area contributed by atoms with Crippen molar-refractivity contribution in [1.29, 1.82) is 0 Å². The van der Waals surface area contributed by atoms with E-state index in [9.17, 15) is 4.79 Å². The largest absolute Gasteiger partial charge is 0.480 e. The molecule has 0 saturated carbocycles. The lowest BCUT2D eigenvalue weighted by atomic mass is 10.2. The van der Waals surface area contributed by atoms with Crippen molar-refractivity contribution < 1.29 is 9.90 Å². The Morgan fingerprint density at radius 2 is 2.29 bits per heavy atom. The third-order valence-electron chi connectivity index (χ3n) is 1.35. The van der Waals surface area contributed by atoms with Gasteiger partial charge in [-0.25, -0.2) is 5.84 Å². The van der Waals surface area contributed by atoms with Crippen molar-refractivity contribution in [2.24, 2.45) is 5.84 Å². The number of carboxylic acids is 1. The van der Waals surface area contributed by atoms with Crippen LogP contribution in [-0.2, 0) is 4.79 Å². The van der Waals surface area contributed by atoms with Crippen molar-refractivity contribution in [1.82, 2.24) is 0 Å². The smallest absolute Gasteiger partial charge is 0.326 e. The van der Waals surface area contributed by atoms with Gasteiger partial charge in [-0.05, 0) is 6.07 Å². The van der Waals surface area contributed by atoms with Crippen LogP contribution in [0.15, 0.2) is 6.07 Å². The lowest BCUT2D eigenvalue weighted by Crippen LogP contribution is -2.10. The topological polar surface area (TPSA) is 75.3 Å². The second-order valence-electron chi connectivity index (χ2n) is 2.18. The normalized spacial score (nSPS) is 11.6. The van der Waals surface area contributed by atoms with E-state index in [1.165, 1.54) is 6.07 Å². The van der Waals surface area contributed by atoms with E-state index in [0.29, 0.717) is 14.9 Å². The molecule has 4 nitrogen and oxygen atoms in total. The molecule has 4 N–H and O–H groups in total. The molecule has 0 amide bonds. The summed E-state index contributed by atoms with van der Waals surface area (Å²) in [7, 11) is 0. The van der Waals surface area contributed by atoms with Crippen LogP contribution in [0.3, 0.4) is 0 Å². The van der Waals surface area contributed by atoms with Gasteiger partial charge < -0.3 is 10.5 Å². The summed E-state index contributed by atoms with van der Waals surface area (Å²) in [6, 6.07) is 1.48. The number of hydrazine groups is 1. The molecule has 0 fully saturated rings. The molecular weight excluding hydrogens is 271 g/mol. The molecule has 0 aromatic carbocycles. The van der Waals surface area contributed by atoms with Crippen LogP contribution in [0.25, 0.3) is 0 Å². The summed E-state index contributed by atoms with van der Waals surface area (Å²) in [4.78, 5) is 10.5. The average Bonchev–Trinajstić information content (AvgIpc) is 2.45. The lowest BCUT2D eigenvalue weighted by Gasteiger charge is -2.04. The maximum absolute atomic E-state index is 10.5. The van der Waals surface area contributed by atoms with Gasteiger partial charge in [0.15, 0.2) is 5.38 Å². The highest BCUT2D eigenvalue weighted by molar-refractivity contribution is 7.20. The zero-order valence-electron chi connectivity index (χ0n) is 6.66. The van der Waals surface area contributed by atoms with Gasteiger partial charge in [-0.15, -0.1) is 35.3 Å². The predicted molar refractivity (Wildman–Crippen MR) is 60.6 cm³/mol. The molecule has 1 atom stereocenters. The number of rotatable bonds is 3. The summed E-state index contributed by atoms with van der Waals surface area (Å²) in [5.41, 5.74) is 2.72. The fourth-order valence-corrected chi connectivity index (χ4v) is 2.13. The van der Waals surface area contributed by atoms with Gasteiger partial charge in [0.1, 0.15) is 5.00 Å². The molecule has 0 radical (unpaired) electrons. The first-order valence-electron chi connectivity index (χ1n) is 3.19. The van der Waals surface area contributed by atoms with Crippen LogP contribution in [0, 0.1) is 0 Å². The van der Waals surface area contributed by atoms with Crippen molar-refractivity contribution in [2.45, 2.75) is 5.38 Å². The molecule has 0 bridgehead atoms. The highest BCUT2D eigenvalue weighted by atomic mass is 35.5. The molecule has 1 rings (SSSR count). The minimum Gasteiger partial charge on any atom is -0.480 e. The number of halogens is 3. The van der Waals surface area contributed by atoms with Crippen LogP contribution in [0.1, 0.15) is 10.9 Å². The van der Waals surface area contributed by atoms with Crippen molar-refractivity contribution in [3.05, 3.63) is 16.0 Å². The van der Waals surface area contributed by atoms with E-state index in [0.717, 1.165) is 11.3 Å². The molecule has 0 aliphatic carbocycles. The molecule has 0 aliphatic heterocycles. The number of nitrogens with one attached hydrogen (secondary N) is 1. The molecule has 14 heavy (non-hydrogen) atoms. The SMILES string of the molecule is Cl.NNc1sc(Cl)cc1C(Cl)C(=O)O. The van der Waals surface area contributed by atoms with Gasteiger partial charge in [-0.2, -0.15) is 0 Å². The monoisotopic (exact) mass is 276 g/mol. The molecule has 0 aliphatic rings. The van der Waals surface area contributed by atoms with Crippen molar-refractivity contribution in [3.63, 3.8) is 0 Å². The van der Waals surface area contributed by atoms with Gasteiger partial charge in [0.25, 0.3) is 0 Å². The molecule has 80 valence electrons. The zero-order chi connectivity index (χ0) is 10.0. The van der Waals surface area contributed by atoms with Gasteiger partial charge >= 0.3 is 5.97 Å². The minimum atomic E-state index is -1.13. The van der Waals surface area contributed by atoms with Crippen molar-refractivity contribution in [2.75, 3.05) is 5.43 Å². The third kappa shape index (κ3) is 2.90. The lowest BCUT2D eigenvalue weighted by molar-refractivity contribution is -0.136. The highest BCUT2D eigenvalue weighted by Crippen LogP contribution is 2.37. The first kappa shape index (κ1) is 13.8. The van der Waals surface area contributed by atoms with Crippen molar-refractivity contribution >= 4 is 57.9 Å². The number of anilines is 1. The second kappa shape index (κ2) is 5.63. The minimum absolute atomic E-state index is 0. The Hall–Kier alpha value is -0.200. The number of alkyl halides is 1. The molecule has 0 spiro atoms. The second-order valence-corrected chi connectivity index (χ2v) is 4.30. The van der Waals surface area contributed by atoms with E-state index in [2.05, 4.69) is 5.43 Å². The van der Waals surface area contributed by atoms with Crippen LogP contribution in [0.4, 0.5) is 5.00 Å². The first-order chi connectivity index (χ1) is 6.06. The third-order valence-corrected chi connectivity index (χ3v) is 2.98. The summed E-state index contributed by atoms with van der Waals surface area (Å²) in [6.45, 7) is 0. The summed E-state index contributed by atoms with van der Waals surface area (Å²) in [5, 5.41) is 7.96. The number of hydrogen-bond acceptors (Lipinski definition) is 4. The molecular formula is C6H7Cl3N2O2S. The number of aliphatic carboxylic acids is 1. The quantitative estimate of drug-likeness (QED) is 0.451. The van der Waals surface area contributed by atoms with Gasteiger partial charge in [0, 0.05) is 5.56 Å². The van der Waals surface area contributed by atoms with Gasteiger partial charge in [0.05, 0.1) is 4.34 Å². The number of hydrogen-bond donors (Lipinski definition) is 3. The molecule has 1 heterocycles. The van der Waals surface area contributed by atoms with Crippen LogP contribution in [-0.4, -0.2) is 11.1 Å². The Labute approximate surface area is 100 Å².